The van der Waals surface area contributed by atoms with Gasteiger partial charge in [-0.15, -0.1) is 0 Å². The van der Waals surface area contributed by atoms with E-state index in [4.69, 9.17) is 15.0 Å². The number of aromatic nitrogens is 3. The van der Waals surface area contributed by atoms with Gasteiger partial charge in [-0.05, 0) is 71.9 Å². The minimum absolute atomic E-state index is 0.691. The van der Waals surface area contributed by atoms with E-state index in [0.29, 0.717) is 5.82 Å². The average molecular weight is 838 g/mol. The molecule has 0 radical (unpaired) electrons. The van der Waals surface area contributed by atoms with Gasteiger partial charge >= 0.3 is 0 Å². The molecule has 13 rings (SSSR count). The van der Waals surface area contributed by atoms with E-state index in [2.05, 4.69) is 212 Å². The molecule has 0 aliphatic carbocycles. The number of pyridine rings is 1. The Hall–Kier alpha value is -8.79. The lowest BCUT2D eigenvalue weighted by Crippen LogP contribution is -1.96. The monoisotopic (exact) mass is 837 g/mol. The zero-order valence-corrected chi connectivity index (χ0v) is 35.9. The highest BCUT2D eigenvalue weighted by molar-refractivity contribution is 6.27. The minimum atomic E-state index is 0.691. The van der Waals surface area contributed by atoms with E-state index in [1.807, 2.05) is 24.3 Å². The Balaban J connectivity index is 0.971. The molecule has 3 nitrogen and oxygen atoms in total. The minimum Gasteiger partial charge on any atom is -0.246 e. The van der Waals surface area contributed by atoms with E-state index >= 15 is 0 Å². The van der Waals surface area contributed by atoms with Crippen LogP contribution in [0, 0.1) is 0 Å². The standard InChI is InChI=1S/C63H39N3/c1-3-14-40(15-4-1)41-26-28-43(29-27-41)58-39-59(65-63(64-58)46-17-5-2-6-18-46)44-30-32-45(33-31-44)61-56-37-34-42-16-7-8-19-48(42)60(56)55-25-13-24-49(62(55)66-61)47-35-36-54-52-22-10-9-20-50(52)51-21-11-12-23-53(51)57(54)38-47/h1-39H. The van der Waals surface area contributed by atoms with Crippen LogP contribution in [-0.4, -0.2) is 15.0 Å². The lowest BCUT2D eigenvalue weighted by atomic mass is 9.90. The lowest BCUT2D eigenvalue weighted by Gasteiger charge is -2.16. The zero-order valence-electron chi connectivity index (χ0n) is 35.9. The molecule has 11 aromatic carbocycles. The summed E-state index contributed by atoms with van der Waals surface area (Å²) < 4.78 is 0. The molecule has 0 N–H and O–H groups in total. The molecule has 0 amide bonds. The van der Waals surface area contributed by atoms with Crippen LogP contribution >= 0.6 is 0 Å². The molecule has 0 bridgehead atoms. The molecule has 0 spiro atoms. The van der Waals surface area contributed by atoms with Gasteiger partial charge in [-0.3, -0.25) is 0 Å². The molecule has 3 heteroatoms. The van der Waals surface area contributed by atoms with Crippen molar-refractivity contribution in [3.8, 4) is 67.4 Å². The number of hydrogen-bond donors (Lipinski definition) is 0. The number of nitrogens with zero attached hydrogens (tertiary/aromatic N) is 3. The maximum absolute atomic E-state index is 5.66. The first kappa shape index (κ1) is 37.7. The Morgan fingerprint density at radius 1 is 0.242 bits per heavy atom. The van der Waals surface area contributed by atoms with Crippen molar-refractivity contribution in [2.45, 2.75) is 0 Å². The van der Waals surface area contributed by atoms with E-state index in [9.17, 15) is 0 Å². The Morgan fingerprint density at radius 2 is 0.712 bits per heavy atom. The second kappa shape index (κ2) is 15.5. The highest BCUT2D eigenvalue weighted by atomic mass is 14.9. The number of fused-ring (bicyclic) bond motifs is 11. The largest absolute Gasteiger partial charge is 0.246 e. The molecule has 0 saturated carbocycles. The van der Waals surface area contributed by atoms with Crippen LogP contribution in [0.2, 0.25) is 0 Å². The van der Waals surface area contributed by atoms with Gasteiger partial charge in [0.25, 0.3) is 0 Å². The molecule has 2 heterocycles. The lowest BCUT2D eigenvalue weighted by molar-refractivity contribution is 1.18. The van der Waals surface area contributed by atoms with E-state index in [1.54, 1.807) is 0 Å². The molecular formula is C63H39N3. The van der Waals surface area contributed by atoms with Crippen molar-refractivity contribution >= 4 is 64.8 Å². The summed E-state index contributed by atoms with van der Waals surface area (Å²) in [4.78, 5) is 15.9. The van der Waals surface area contributed by atoms with Gasteiger partial charge in [-0.2, -0.15) is 0 Å². The predicted octanol–water partition coefficient (Wildman–Crippen LogP) is 16.8. The van der Waals surface area contributed by atoms with Gasteiger partial charge in [0.05, 0.1) is 22.6 Å². The van der Waals surface area contributed by atoms with Crippen LogP contribution in [0.4, 0.5) is 0 Å². The quantitative estimate of drug-likeness (QED) is 0.157. The summed E-state index contributed by atoms with van der Waals surface area (Å²) in [6, 6.07) is 84.6. The molecule has 0 unspecified atom stereocenters. The fourth-order valence-corrected chi connectivity index (χ4v) is 10.0. The normalized spacial score (nSPS) is 11.6. The van der Waals surface area contributed by atoms with Gasteiger partial charge in [0.2, 0.25) is 0 Å². The van der Waals surface area contributed by atoms with Gasteiger partial charge < -0.3 is 0 Å². The van der Waals surface area contributed by atoms with Crippen molar-refractivity contribution in [1.82, 2.24) is 15.0 Å². The van der Waals surface area contributed by atoms with Crippen LogP contribution < -0.4 is 0 Å². The van der Waals surface area contributed by atoms with Crippen molar-refractivity contribution in [3.05, 3.63) is 237 Å². The van der Waals surface area contributed by atoms with Crippen LogP contribution in [0.1, 0.15) is 0 Å². The van der Waals surface area contributed by atoms with Crippen LogP contribution in [0.25, 0.3) is 132 Å². The second-order valence-corrected chi connectivity index (χ2v) is 17.1. The van der Waals surface area contributed by atoms with Gasteiger partial charge in [-0.1, -0.05) is 224 Å². The highest BCUT2D eigenvalue weighted by Gasteiger charge is 2.18. The predicted molar refractivity (Wildman–Crippen MR) is 277 cm³/mol. The molecule has 66 heavy (non-hydrogen) atoms. The third kappa shape index (κ3) is 6.32. The fourth-order valence-electron chi connectivity index (χ4n) is 10.0. The summed E-state index contributed by atoms with van der Waals surface area (Å²) in [7, 11) is 0. The summed E-state index contributed by atoms with van der Waals surface area (Å²) in [6.45, 7) is 0. The first-order chi connectivity index (χ1) is 32.7. The third-order valence-electron chi connectivity index (χ3n) is 13.3. The van der Waals surface area contributed by atoms with Gasteiger partial charge in [-0.25, -0.2) is 15.0 Å². The summed E-state index contributed by atoms with van der Waals surface area (Å²) >= 11 is 0. The molecule has 0 fully saturated rings. The van der Waals surface area contributed by atoms with Crippen LogP contribution in [0.5, 0.6) is 0 Å². The Morgan fingerprint density at radius 3 is 1.36 bits per heavy atom. The van der Waals surface area contributed by atoms with Crippen molar-refractivity contribution in [3.63, 3.8) is 0 Å². The smallest absolute Gasteiger partial charge is 0.160 e. The van der Waals surface area contributed by atoms with Gasteiger partial charge in [0, 0.05) is 44.0 Å². The number of hydrogen-bond acceptors (Lipinski definition) is 3. The number of benzene rings is 11. The maximum Gasteiger partial charge on any atom is 0.160 e. The van der Waals surface area contributed by atoms with Crippen LogP contribution in [-0.2, 0) is 0 Å². The topological polar surface area (TPSA) is 38.7 Å². The molecule has 2 aromatic heterocycles. The highest BCUT2D eigenvalue weighted by Crippen LogP contribution is 2.43. The van der Waals surface area contributed by atoms with Crippen LogP contribution in [0.3, 0.4) is 0 Å². The fraction of sp³-hybridized carbons (Fsp3) is 0. The Labute approximate surface area is 382 Å². The van der Waals surface area contributed by atoms with Crippen LogP contribution in [0.15, 0.2) is 237 Å². The van der Waals surface area contributed by atoms with Crippen molar-refractivity contribution < 1.29 is 0 Å². The summed E-state index contributed by atoms with van der Waals surface area (Å²) in [5.41, 5.74) is 12.3. The molecule has 0 aliphatic rings. The molecule has 0 atom stereocenters. The molecule has 0 aliphatic heterocycles. The SMILES string of the molecule is c1ccc(-c2ccc(-c3cc(-c4ccc(-c5nc6c(-c7ccc8c9ccccc9c9ccccc9c8c7)cccc6c6c5ccc5ccccc56)cc4)nc(-c4ccccc4)n3)cc2)cc1. The van der Waals surface area contributed by atoms with Gasteiger partial charge in [0.15, 0.2) is 5.82 Å². The third-order valence-corrected chi connectivity index (χ3v) is 13.3. The van der Waals surface area contributed by atoms with Crippen molar-refractivity contribution in [1.29, 1.82) is 0 Å². The second-order valence-electron chi connectivity index (χ2n) is 17.1. The first-order valence-electron chi connectivity index (χ1n) is 22.5. The Bertz CT molecular complexity index is 3980. The van der Waals surface area contributed by atoms with Gasteiger partial charge in [0.1, 0.15) is 0 Å². The van der Waals surface area contributed by atoms with E-state index in [1.165, 1.54) is 59.6 Å². The van der Waals surface area contributed by atoms with E-state index in [-0.39, 0.29) is 0 Å². The molecule has 306 valence electrons. The summed E-state index contributed by atoms with van der Waals surface area (Å²) in [5, 5.41) is 13.5. The van der Waals surface area contributed by atoms with E-state index in [0.717, 1.165) is 66.8 Å². The molecule has 13 aromatic rings. The van der Waals surface area contributed by atoms with E-state index < -0.39 is 0 Å². The average Bonchev–Trinajstić information content (AvgIpc) is 3.40. The summed E-state index contributed by atoms with van der Waals surface area (Å²) in [5.74, 6) is 0.691. The van der Waals surface area contributed by atoms with Crippen molar-refractivity contribution in [2.24, 2.45) is 0 Å². The number of para-hydroxylation sites is 1. The summed E-state index contributed by atoms with van der Waals surface area (Å²) in [6.07, 6.45) is 0. The first-order valence-corrected chi connectivity index (χ1v) is 22.5. The Kier molecular flexibility index (Phi) is 8.85. The maximum atomic E-state index is 5.66. The molecular weight excluding hydrogens is 799 g/mol. The van der Waals surface area contributed by atoms with Crippen molar-refractivity contribution in [2.75, 3.05) is 0 Å². The zero-order chi connectivity index (χ0) is 43.6. The molecule has 0 saturated heterocycles. The number of rotatable bonds is 6.